The van der Waals surface area contributed by atoms with Crippen LogP contribution in [0.1, 0.15) is 21.5 Å². The zero-order chi connectivity index (χ0) is 11.4. The molecule has 0 heterocycles. The molecule has 15 heavy (non-hydrogen) atoms. The fraction of sp³-hybridized carbons (Fsp3) is 0.364. The van der Waals surface area contributed by atoms with Crippen LogP contribution >= 0.6 is 0 Å². The minimum Gasteiger partial charge on any atom is -0.492 e. The number of carboxylic acids is 1. The number of aromatic carboxylic acids is 1. The molecule has 4 heteroatoms. The molecule has 82 valence electrons. The Hall–Kier alpha value is -1.55. The van der Waals surface area contributed by atoms with Gasteiger partial charge in [0.2, 0.25) is 0 Å². The molecule has 4 nitrogen and oxygen atoms in total. The van der Waals surface area contributed by atoms with Crippen molar-refractivity contribution in [2.45, 2.75) is 13.8 Å². The molecule has 0 spiro atoms. The molecule has 0 unspecified atom stereocenters. The van der Waals surface area contributed by atoms with Crippen molar-refractivity contribution in [1.82, 2.24) is 0 Å². The highest BCUT2D eigenvalue weighted by Crippen LogP contribution is 2.24. The SMILES string of the molecule is Cc1ccc(OCCN)c(C)c1C(=O)O. The Bertz CT molecular complexity index is 374. The lowest BCUT2D eigenvalue weighted by Gasteiger charge is -2.11. The van der Waals surface area contributed by atoms with Crippen LogP contribution in [-0.4, -0.2) is 24.2 Å². The van der Waals surface area contributed by atoms with Crippen molar-refractivity contribution in [3.8, 4) is 5.75 Å². The van der Waals surface area contributed by atoms with Crippen LogP contribution in [0.3, 0.4) is 0 Å². The van der Waals surface area contributed by atoms with Crippen molar-refractivity contribution < 1.29 is 14.6 Å². The number of nitrogens with two attached hydrogens (primary N) is 1. The fourth-order valence-electron chi connectivity index (χ4n) is 1.48. The van der Waals surface area contributed by atoms with E-state index in [1.54, 1.807) is 26.0 Å². The van der Waals surface area contributed by atoms with E-state index in [1.807, 2.05) is 0 Å². The van der Waals surface area contributed by atoms with Gasteiger partial charge in [-0.1, -0.05) is 6.07 Å². The molecule has 1 aromatic carbocycles. The third kappa shape index (κ3) is 2.47. The Morgan fingerprint density at radius 1 is 1.47 bits per heavy atom. The quantitative estimate of drug-likeness (QED) is 0.784. The molecule has 0 aliphatic carbocycles. The molecule has 0 fully saturated rings. The lowest BCUT2D eigenvalue weighted by Crippen LogP contribution is -2.12. The number of hydrogen-bond donors (Lipinski definition) is 2. The van der Waals surface area contributed by atoms with E-state index in [0.29, 0.717) is 30.0 Å². The third-order valence-corrected chi connectivity index (χ3v) is 2.21. The zero-order valence-electron chi connectivity index (χ0n) is 8.91. The monoisotopic (exact) mass is 209 g/mol. The van der Waals surface area contributed by atoms with E-state index in [2.05, 4.69) is 0 Å². The van der Waals surface area contributed by atoms with Crippen molar-refractivity contribution in [1.29, 1.82) is 0 Å². The maximum absolute atomic E-state index is 11.0. The largest absolute Gasteiger partial charge is 0.492 e. The topological polar surface area (TPSA) is 72.5 Å². The molecule has 3 N–H and O–H groups in total. The number of hydrogen-bond acceptors (Lipinski definition) is 3. The van der Waals surface area contributed by atoms with Gasteiger partial charge >= 0.3 is 5.97 Å². The molecule has 0 saturated carbocycles. The summed E-state index contributed by atoms with van der Waals surface area (Å²) in [5.74, 6) is -0.341. The van der Waals surface area contributed by atoms with E-state index >= 15 is 0 Å². The molecule has 0 aromatic heterocycles. The smallest absolute Gasteiger partial charge is 0.336 e. The zero-order valence-corrected chi connectivity index (χ0v) is 8.91. The van der Waals surface area contributed by atoms with Gasteiger partial charge in [-0.05, 0) is 25.5 Å². The first-order valence-electron chi connectivity index (χ1n) is 4.74. The fourth-order valence-corrected chi connectivity index (χ4v) is 1.48. The molecule has 1 rings (SSSR count). The minimum absolute atomic E-state index is 0.310. The lowest BCUT2D eigenvalue weighted by molar-refractivity contribution is 0.0694. The van der Waals surface area contributed by atoms with Crippen LogP contribution in [-0.2, 0) is 0 Å². The van der Waals surface area contributed by atoms with Gasteiger partial charge < -0.3 is 15.6 Å². The van der Waals surface area contributed by atoms with Crippen LogP contribution in [0.2, 0.25) is 0 Å². The van der Waals surface area contributed by atoms with Gasteiger partial charge in [-0.3, -0.25) is 0 Å². The first-order valence-corrected chi connectivity index (χ1v) is 4.74. The average Bonchev–Trinajstić information content (AvgIpc) is 2.16. The molecule has 0 bridgehead atoms. The Balaban J connectivity index is 3.11. The molecule has 0 saturated heterocycles. The summed E-state index contributed by atoms with van der Waals surface area (Å²) < 4.78 is 5.34. The molecule has 0 atom stereocenters. The normalized spacial score (nSPS) is 10.1. The Morgan fingerprint density at radius 3 is 2.67 bits per heavy atom. The van der Waals surface area contributed by atoms with Gasteiger partial charge in [0.25, 0.3) is 0 Å². The predicted octanol–water partition coefficient (Wildman–Crippen LogP) is 1.34. The second kappa shape index (κ2) is 4.79. The van der Waals surface area contributed by atoms with Crippen LogP contribution < -0.4 is 10.5 Å². The molecule has 1 aromatic rings. The molecule has 0 aliphatic rings. The lowest BCUT2D eigenvalue weighted by atomic mass is 10.0. The summed E-state index contributed by atoms with van der Waals surface area (Å²) in [7, 11) is 0. The molecular weight excluding hydrogens is 194 g/mol. The first kappa shape index (κ1) is 11.5. The summed E-state index contributed by atoms with van der Waals surface area (Å²) in [6.07, 6.45) is 0. The molecule has 0 radical (unpaired) electrons. The second-order valence-electron chi connectivity index (χ2n) is 3.32. The van der Waals surface area contributed by atoms with Crippen molar-refractivity contribution in [3.05, 3.63) is 28.8 Å². The highest BCUT2D eigenvalue weighted by Gasteiger charge is 2.14. The van der Waals surface area contributed by atoms with E-state index in [0.717, 1.165) is 5.56 Å². The van der Waals surface area contributed by atoms with E-state index in [-0.39, 0.29) is 0 Å². The summed E-state index contributed by atoms with van der Waals surface area (Å²) >= 11 is 0. The van der Waals surface area contributed by atoms with Gasteiger partial charge in [0.15, 0.2) is 0 Å². The van der Waals surface area contributed by atoms with Crippen LogP contribution in [0.4, 0.5) is 0 Å². The van der Waals surface area contributed by atoms with E-state index < -0.39 is 5.97 Å². The second-order valence-corrected chi connectivity index (χ2v) is 3.32. The summed E-state index contributed by atoms with van der Waals surface area (Å²) in [5, 5.41) is 9.02. The third-order valence-electron chi connectivity index (χ3n) is 2.21. The van der Waals surface area contributed by atoms with Crippen LogP contribution in [0.25, 0.3) is 0 Å². The number of aryl methyl sites for hydroxylation is 1. The number of benzene rings is 1. The van der Waals surface area contributed by atoms with E-state index in [4.69, 9.17) is 15.6 Å². The first-order chi connectivity index (χ1) is 7.07. The van der Waals surface area contributed by atoms with E-state index in [9.17, 15) is 4.79 Å². The van der Waals surface area contributed by atoms with Gasteiger partial charge in [0, 0.05) is 12.1 Å². The number of ether oxygens (including phenoxy) is 1. The molecule has 0 amide bonds. The molecule has 0 aliphatic heterocycles. The maximum Gasteiger partial charge on any atom is 0.336 e. The number of carboxylic acid groups (broad SMARTS) is 1. The summed E-state index contributed by atoms with van der Waals surface area (Å²) in [6, 6.07) is 3.51. The van der Waals surface area contributed by atoms with Crippen LogP contribution in [0, 0.1) is 13.8 Å². The highest BCUT2D eigenvalue weighted by atomic mass is 16.5. The Morgan fingerprint density at radius 2 is 2.13 bits per heavy atom. The molecular formula is C11H15NO3. The van der Waals surface area contributed by atoms with Gasteiger partial charge in [-0.15, -0.1) is 0 Å². The van der Waals surface area contributed by atoms with Crippen molar-refractivity contribution >= 4 is 5.97 Å². The van der Waals surface area contributed by atoms with Gasteiger partial charge in [0.05, 0.1) is 5.56 Å². The summed E-state index contributed by atoms with van der Waals surface area (Å²) in [4.78, 5) is 11.0. The average molecular weight is 209 g/mol. The van der Waals surface area contributed by atoms with Crippen LogP contribution in [0.5, 0.6) is 5.75 Å². The van der Waals surface area contributed by atoms with Crippen LogP contribution in [0.15, 0.2) is 12.1 Å². The van der Waals surface area contributed by atoms with Crippen molar-refractivity contribution in [3.63, 3.8) is 0 Å². The minimum atomic E-state index is -0.928. The predicted molar refractivity (Wildman–Crippen MR) is 57.4 cm³/mol. The Kier molecular flexibility index (Phi) is 3.68. The van der Waals surface area contributed by atoms with Crippen molar-refractivity contribution in [2.24, 2.45) is 5.73 Å². The highest BCUT2D eigenvalue weighted by molar-refractivity contribution is 5.91. The van der Waals surface area contributed by atoms with Gasteiger partial charge in [-0.2, -0.15) is 0 Å². The summed E-state index contributed by atoms with van der Waals surface area (Å²) in [6.45, 7) is 4.31. The van der Waals surface area contributed by atoms with Crippen molar-refractivity contribution in [2.75, 3.05) is 13.2 Å². The van der Waals surface area contributed by atoms with E-state index in [1.165, 1.54) is 0 Å². The standard InChI is InChI=1S/C11H15NO3/c1-7-3-4-9(15-6-5-12)8(2)10(7)11(13)14/h3-4H,5-6,12H2,1-2H3,(H,13,14). The Labute approximate surface area is 88.7 Å². The summed E-state index contributed by atoms with van der Waals surface area (Å²) in [5.41, 5.74) is 7.01. The maximum atomic E-state index is 11.0. The number of rotatable bonds is 4. The van der Waals surface area contributed by atoms with Gasteiger partial charge in [-0.25, -0.2) is 4.79 Å². The number of carbonyl (C=O) groups is 1. The van der Waals surface area contributed by atoms with Gasteiger partial charge in [0.1, 0.15) is 12.4 Å².